The number of benzene rings is 1. The summed E-state index contributed by atoms with van der Waals surface area (Å²) in [5, 5.41) is 0.641. The average molecular weight is 404 g/mol. The van der Waals surface area contributed by atoms with E-state index >= 15 is 0 Å². The molecule has 1 aliphatic heterocycles. The standard InChI is InChI=1S/C17H13IN2O2/c18-10-12-9-14-15(21)13-7-4-8-19-16(13)20(17(14)22-12)11-5-2-1-3-6-11/h1-8,12H,9-10H2. The van der Waals surface area contributed by atoms with Gasteiger partial charge in [0, 0.05) is 17.0 Å². The summed E-state index contributed by atoms with van der Waals surface area (Å²) in [4.78, 5) is 17.2. The number of ether oxygens (including phenoxy) is 1. The lowest BCUT2D eigenvalue weighted by Gasteiger charge is -2.15. The molecule has 3 heterocycles. The zero-order valence-electron chi connectivity index (χ0n) is 11.7. The largest absolute Gasteiger partial charge is 0.474 e. The fraction of sp³-hybridized carbons (Fsp3) is 0.176. The maximum atomic E-state index is 12.7. The summed E-state index contributed by atoms with van der Waals surface area (Å²) in [5.74, 6) is 0.643. The maximum Gasteiger partial charge on any atom is 0.207 e. The van der Waals surface area contributed by atoms with E-state index < -0.39 is 0 Å². The molecule has 0 aliphatic carbocycles. The Balaban J connectivity index is 2.11. The molecule has 3 aromatic rings. The monoisotopic (exact) mass is 404 g/mol. The van der Waals surface area contributed by atoms with E-state index in [-0.39, 0.29) is 11.5 Å². The number of nitrogens with zero attached hydrogens (tertiary/aromatic N) is 2. The van der Waals surface area contributed by atoms with Crippen molar-refractivity contribution in [2.45, 2.75) is 12.5 Å². The number of halogens is 1. The Hall–Kier alpha value is -1.89. The number of para-hydroxylation sites is 1. The highest BCUT2D eigenvalue weighted by molar-refractivity contribution is 14.1. The van der Waals surface area contributed by atoms with Gasteiger partial charge in [-0.05, 0) is 24.3 Å². The van der Waals surface area contributed by atoms with Gasteiger partial charge in [-0.15, -0.1) is 0 Å². The van der Waals surface area contributed by atoms with Gasteiger partial charge in [-0.3, -0.25) is 9.36 Å². The summed E-state index contributed by atoms with van der Waals surface area (Å²) in [7, 11) is 0. The number of aromatic nitrogens is 2. The van der Waals surface area contributed by atoms with Crippen LogP contribution >= 0.6 is 22.6 Å². The lowest BCUT2D eigenvalue weighted by molar-refractivity contribution is 0.249. The van der Waals surface area contributed by atoms with Crippen LogP contribution in [0.1, 0.15) is 5.56 Å². The predicted molar refractivity (Wildman–Crippen MR) is 94.3 cm³/mol. The molecule has 0 bridgehead atoms. The first-order valence-corrected chi connectivity index (χ1v) is 8.63. The third kappa shape index (κ3) is 2.03. The van der Waals surface area contributed by atoms with Crippen molar-refractivity contribution in [1.29, 1.82) is 0 Å². The molecule has 0 spiro atoms. The smallest absolute Gasteiger partial charge is 0.207 e. The molecule has 1 aliphatic rings. The van der Waals surface area contributed by atoms with E-state index in [1.807, 2.05) is 41.0 Å². The fourth-order valence-corrected chi connectivity index (χ4v) is 3.37. The summed E-state index contributed by atoms with van der Waals surface area (Å²) in [6.07, 6.45) is 2.42. The van der Waals surface area contributed by atoms with Gasteiger partial charge in [0.15, 0.2) is 11.1 Å². The fourth-order valence-electron chi connectivity index (χ4n) is 2.88. The molecule has 0 saturated carbocycles. The molecule has 4 rings (SSSR count). The minimum Gasteiger partial charge on any atom is -0.474 e. The maximum absolute atomic E-state index is 12.7. The van der Waals surface area contributed by atoms with Crippen LogP contribution < -0.4 is 10.2 Å². The molecule has 22 heavy (non-hydrogen) atoms. The Morgan fingerprint density at radius 3 is 2.82 bits per heavy atom. The van der Waals surface area contributed by atoms with Crippen LogP contribution in [-0.2, 0) is 6.42 Å². The molecular formula is C17H13IN2O2. The topological polar surface area (TPSA) is 44.1 Å². The number of hydrogen-bond donors (Lipinski definition) is 0. The molecule has 0 radical (unpaired) electrons. The van der Waals surface area contributed by atoms with Gasteiger partial charge in [0.1, 0.15) is 6.10 Å². The van der Waals surface area contributed by atoms with Crippen molar-refractivity contribution in [3.8, 4) is 11.6 Å². The highest BCUT2D eigenvalue weighted by atomic mass is 127. The van der Waals surface area contributed by atoms with Crippen molar-refractivity contribution < 1.29 is 4.74 Å². The van der Waals surface area contributed by atoms with Crippen molar-refractivity contribution in [1.82, 2.24) is 9.55 Å². The van der Waals surface area contributed by atoms with Gasteiger partial charge < -0.3 is 4.74 Å². The number of rotatable bonds is 2. The van der Waals surface area contributed by atoms with Crippen molar-refractivity contribution in [2.24, 2.45) is 0 Å². The zero-order valence-corrected chi connectivity index (χ0v) is 13.9. The first kappa shape index (κ1) is 13.8. The van der Waals surface area contributed by atoms with Crippen molar-refractivity contribution in [3.63, 3.8) is 0 Å². The summed E-state index contributed by atoms with van der Waals surface area (Å²) in [5.41, 5.74) is 2.40. The van der Waals surface area contributed by atoms with E-state index in [0.717, 1.165) is 15.7 Å². The van der Waals surface area contributed by atoms with E-state index in [1.165, 1.54) is 0 Å². The number of alkyl halides is 1. The van der Waals surface area contributed by atoms with Crippen LogP contribution in [0.25, 0.3) is 16.7 Å². The normalized spacial score (nSPS) is 16.5. The molecule has 5 heteroatoms. The highest BCUT2D eigenvalue weighted by Gasteiger charge is 2.30. The Labute approximate surface area is 140 Å². The van der Waals surface area contributed by atoms with Gasteiger partial charge in [-0.25, -0.2) is 4.98 Å². The second kappa shape index (κ2) is 5.39. The van der Waals surface area contributed by atoms with Crippen LogP contribution in [0.4, 0.5) is 0 Å². The highest BCUT2D eigenvalue weighted by Crippen LogP contribution is 2.32. The molecule has 0 amide bonds. The lowest BCUT2D eigenvalue weighted by Crippen LogP contribution is -2.15. The van der Waals surface area contributed by atoms with Crippen LogP contribution in [0.15, 0.2) is 53.5 Å². The molecule has 110 valence electrons. The number of fused-ring (bicyclic) bond motifs is 2. The second-order valence-corrected chi connectivity index (χ2v) is 6.14. The van der Waals surface area contributed by atoms with Crippen LogP contribution in [0.5, 0.6) is 5.88 Å². The Morgan fingerprint density at radius 1 is 1.23 bits per heavy atom. The summed E-state index contributed by atoms with van der Waals surface area (Å²) in [6, 6.07) is 13.5. The predicted octanol–water partition coefficient (Wildman–Crippen LogP) is 3.12. The van der Waals surface area contributed by atoms with Crippen LogP contribution in [0, 0.1) is 0 Å². The SMILES string of the molecule is O=c1c2c(n(-c3ccccc3)c3ncccc13)OC(CI)C2. The van der Waals surface area contributed by atoms with E-state index in [4.69, 9.17) is 4.74 Å². The molecule has 0 fully saturated rings. The third-order valence-corrected chi connectivity index (χ3v) is 4.86. The zero-order chi connectivity index (χ0) is 15.1. The first-order valence-electron chi connectivity index (χ1n) is 7.10. The van der Waals surface area contributed by atoms with Crippen LogP contribution in [0.3, 0.4) is 0 Å². The van der Waals surface area contributed by atoms with E-state index in [2.05, 4.69) is 27.6 Å². The molecular weight excluding hydrogens is 391 g/mol. The van der Waals surface area contributed by atoms with Gasteiger partial charge in [0.25, 0.3) is 0 Å². The third-order valence-electron chi connectivity index (χ3n) is 3.88. The average Bonchev–Trinajstić information content (AvgIpc) is 3.00. The summed E-state index contributed by atoms with van der Waals surface area (Å²) >= 11 is 2.29. The quantitative estimate of drug-likeness (QED) is 0.487. The summed E-state index contributed by atoms with van der Waals surface area (Å²) in [6.45, 7) is 0. The van der Waals surface area contributed by atoms with Crippen LogP contribution in [0.2, 0.25) is 0 Å². The van der Waals surface area contributed by atoms with Crippen molar-refractivity contribution >= 4 is 33.6 Å². The van der Waals surface area contributed by atoms with Gasteiger partial charge in [0.2, 0.25) is 5.88 Å². The van der Waals surface area contributed by atoms with Gasteiger partial charge in [-0.2, -0.15) is 0 Å². The minimum atomic E-state index is 0.0395. The van der Waals surface area contributed by atoms with E-state index in [1.54, 1.807) is 12.3 Å². The number of pyridine rings is 2. The Morgan fingerprint density at radius 2 is 2.05 bits per heavy atom. The molecule has 0 saturated heterocycles. The molecule has 2 aromatic heterocycles. The van der Waals surface area contributed by atoms with Crippen molar-refractivity contribution in [2.75, 3.05) is 4.43 Å². The second-order valence-electron chi connectivity index (χ2n) is 5.26. The first-order chi connectivity index (χ1) is 10.8. The summed E-state index contributed by atoms with van der Waals surface area (Å²) < 4.78 is 8.85. The van der Waals surface area contributed by atoms with Gasteiger partial charge in [0.05, 0.1) is 16.6 Å². The molecule has 1 atom stereocenters. The van der Waals surface area contributed by atoms with Crippen LogP contribution in [-0.4, -0.2) is 20.1 Å². The van der Waals surface area contributed by atoms with E-state index in [9.17, 15) is 4.79 Å². The molecule has 0 N–H and O–H groups in total. The van der Waals surface area contributed by atoms with Crippen molar-refractivity contribution in [3.05, 3.63) is 64.4 Å². The van der Waals surface area contributed by atoms with E-state index in [0.29, 0.717) is 23.3 Å². The van der Waals surface area contributed by atoms with Gasteiger partial charge >= 0.3 is 0 Å². The molecule has 1 unspecified atom stereocenters. The Bertz CT molecular complexity index is 906. The minimum absolute atomic E-state index is 0.0395. The van der Waals surface area contributed by atoms with Gasteiger partial charge in [-0.1, -0.05) is 40.8 Å². The molecule has 1 aromatic carbocycles. The number of hydrogen-bond acceptors (Lipinski definition) is 3. The Kier molecular flexibility index (Phi) is 3.37. The molecule has 4 nitrogen and oxygen atoms in total. The lowest BCUT2D eigenvalue weighted by atomic mass is 10.1.